The van der Waals surface area contributed by atoms with Crippen molar-refractivity contribution in [1.29, 1.82) is 0 Å². The van der Waals surface area contributed by atoms with Crippen molar-refractivity contribution in [2.75, 3.05) is 5.73 Å². The van der Waals surface area contributed by atoms with Crippen LogP contribution >= 0.6 is 0 Å². The van der Waals surface area contributed by atoms with Gasteiger partial charge in [-0.2, -0.15) is 0 Å². The first-order valence-corrected chi connectivity index (χ1v) is 5.29. The second kappa shape index (κ2) is 3.63. The number of nitrogens with two attached hydrogens (primary N) is 1. The summed E-state index contributed by atoms with van der Waals surface area (Å²) in [7, 11) is 0. The number of phenolic OH excluding ortho intramolecular Hbond substituents is 2. The van der Waals surface area contributed by atoms with Gasteiger partial charge in [0.25, 0.3) is 0 Å². The summed E-state index contributed by atoms with van der Waals surface area (Å²) in [6.07, 6.45) is 0. The lowest BCUT2D eigenvalue weighted by Crippen LogP contribution is -2.00. The molecule has 2 aromatic carbocycles. The highest BCUT2D eigenvalue weighted by Gasteiger charge is 2.10. The maximum Gasteiger partial charge on any atom is 0.166 e. The molecule has 3 aromatic rings. The smallest absolute Gasteiger partial charge is 0.166 e. The van der Waals surface area contributed by atoms with E-state index in [-0.39, 0.29) is 17.2 Å². The van der Waals surface area contributed by atoms with Gasteiger partial charge in [0.15, 0.2) is 5.75 Å². The number of aromatic hydroxyl groups is 2. The fraction of sp³-hybridized carbons (Fsp3) is 0. The fourth-order valence-electron chi connectivity index (χ4n) is 1.72. The molecule has 0 saturated heterocycles. The van der Waals surface area contributed by atoms with E-state index < -0.39 is 0 Å². The Morgan fingerprint density at radius 1 is 1.00 bits per heavy atom. The molecule has 0 saturated carbocycles. The van der Waals surface area contributed by atoms with Crippen molar-refractivity contribution in [1.82, 2.24) is 15.0 Å². The first-order chi connectivity index (χ1) is 8.65. The normalized spacial score (nSPS) is 10.9. The average Bonchev–Trinajstić information content (AvgIpc) is 2.75. The monoisotopic (exact) mass is 242 g/mol. The first kappa shape index (κ1) is 10.4. The number of hydrogen-bond acceptors (Lipinski definition) is 5. The third-order valence-electron chi connectivity index (χ3n) is 2.63. The molecule has 4 N–H and O–H groups in total. The van der Waals surface area contributed by atoms with Crippen LogP contribution in [0.2, 0.25) is 0 Å². The lowest BCUT2D eigenvalue weighted by Gasteiger charge is -2.04. The Kier molecular flexibility index (Phi) is 2.09. The second-order valence-electron chi connectivity index (χ2n) is 3.88. The Labute approximate surface area is 102 Å². The van der Waals surface area contributed by atoms with Crippen LogP contribution in [0.5, 0.6) is 11.5 Å². The van der Waals surface area contributed by atoms with E-state index in [1.807, 2.05) is 0 Å². The number of rotatable bonds is 1. The molecule has 0 unspecified atom stereocenters. The van der Waals surface area contributed by atoms with Crippen LogP contribution in [0.3, 0.4) is 0 Å². The van der Waals surface area contributed by atoms with Gasteiger partial charge in [-0.1, -0.05) is 6.07 Å². The molecule has 0 aliphatic heterocycles. The van der Waals surface area contributed by atoms with Gasteiger partial charge in [0.1, 0.15) is 22.5 Å². The Balaban J connectivity index is 2.22. The molecule has 0 aliphatic rings. The Bertz CT molecular complexity index is 736. The predicted octanol–water partition coefficient (Wildman–Crippen LogP) is 1.41. The molecule has 0 fully saturated rings. The predicted molar refractivity (Wildman–Crippen MR) is 66.6 cm³/mol. The van der Waals surface area contributed by atoms with Crippen molar-refractivity contribution in [3.8, 4) is 17.2 Å². The van der Waals surface area contributed by atoms with Crippen LogP contribution in [0.4, 0.5) is 5.69 Å². The zero-order chi connectivity index (χ0) is 12.7. The van der Waals surface area contributed by atoms with E-state index in [1.54, 1.807) is 24.3 Å². The summed E-state index contributed by atoms with van der Waals surface area (Å²) >= 11 is 0. The number of hydrogen-bond donors (Lipinski definition) is 3. The quantitative estimate of drug-likeness (QED) is 0.443. The van der Waals surface area contributed by atoms with Gasteiger partial charge in [-0.3, -0.25) is 0 Å². The van der Waals surface area contributed by atoms with Crippen LogP contribution < -0.4 is 5.73 Å². The minimum atomic E-state index is -0.0676. The van der Waals surface area contributed by atoms with Crippen LogP contribution in [-0.2, 0) is 0 Å². The number of aromatic nitrogens is 3. The molecule has 0 spiro atoms. The third-order valence-corrected chi connectivity index (χ3v) is 2.63. The van der Waals surface area contributed by atoms with Crippen LogP contribution in [0.15, 0.2) is 36.4 Å². The fourth-order valence-corrected chi connectivity index (χ4v) is 1.72. The number of nitrogens with zero attached hydrogens (tertiary/aromatic N) is 3. The molecule has 3 rings (SSSR count). The molecule has 6 heteroatoms. The minimum absolute atomic E-state index is 0.0676. The van der Waals surface area contributed by atoms with Gasteiger partial charge in [0, 0.05) is 6.07 Å². The van der Waals surface area contributed by atoms with Crippen molar-refractivity contribution in [2.24, 2.45) is 0 Å². The molecule has 0 aliphatic carbocycles. The summed E-state index contributed by atoms with van der Waals surface area (Å²) in [5, 5.41) is 27.6. The van der Waals surface area contributed by atoms with Crippen LogP contribution in [0.25, 0.3) is 16.7 Å². The maximum atomic E-state index is 9.86. The van der Waals surface area contributed by atoms with E-state index in [9.17, 15) is 10.2 Å². The van der Waals surface area contributed by atoms with Crippen molar-refractivity contribution < 1.29 is 10.2 Å². The van der Waals surface area contributed by atoms with Crippen molar-refractivity contribution in [3.05, 3.63) is 36.4 Å². The first-order valence-electron chi connectivity index (χ1n) is 5.29. The number of anilines is 1. The summed E-state index contributed by atoms with van der Waals surface area (Å²) in [6.45, 7) is 0. The van der Waals surface area contributed by atoms with Crippen LogP contribution in [-0.4, -0.2) is 25.2 Å². The van der Waals surface area contributed by atoms with Gasteiger partial charge in [-0.25, -0.2) is 0 Å². The highest BCUT2D eigenvalue weighted by Crippen LogP contribution is 2.27. The van der Waals surface area contributed by atoms with Gasteiger partial charge in [-0.15, -0.1) is 15.0 Å². The molecule has 0 atom stereocenters. The summed E-state index contributed by atoms with van der Waals surface area (Å²) < 4.78 is 0. The Hall–Kier alpha value is -2.76. The van der Waals surface area contributed by atoms with Crippen molar-refractivity contribution >= 4 is 16.7 Å². The molecule has 1 aromatic heterocycles. The zero-order valence-corrected chi connectivity index (χ0v) is 9.28. The van der Waals surface area contributed by atoms with E-state index in [1.165, 1.54) is 16.9 Å². The molecule has 0 bridgehead atoms. The van der Waals surface area contributed by atoms with E-state index in [2.05, 4.69) is 10.2 Å². The Morgan fingerprint density at radius 3 is 2.61 bits per heavy atom. The van der Waals surface area contributed by atoms with Crippen molar-refractivity contribution in [3.63, 3.8) is 0 Å². The van der Waals surface area contributed by atoms with E-state index in [0.717, 1.165) is 0 Å². The summed E-state index contributed by atoms with van der Waals surface area (Å²) in [6, 6.07) is 9.63. The third kappa shape index (κ3) is 1.51. The van der Waals surface area contributed by atoms with Crippen molar-refractivity contribution in [2.45, 2.75) is 0 Å². The highest BCUT2D eigenvalue weighted by molar-refractivity contribution is 5.76. The molecule has 18 heavy (non-hydrogen) atoms. The number of phenols is 2. The van der Waals surface area contributed by atoms with E-state index in [0.29, 0.717) is 16.7 Å². The number of fused-ring (bicyclic) bond motifs is 1. The van der Waals surface area contributed by atoms with Gasteiger partial charge in [0.05, 0.1) is 5.69 Å². The number of nitrogen functional groups attached to an aromatic ring is 1. The van der Waals surface area contributed by atoms with Crippen LogP contribution in [0.1, 0.15) is 0 Å². The highest BCUT2D eigenvalue weighted by atomic mass is 16.3. The Morgan fingerprint density at radius 2 is 1.78 bits per heavy atom. The van der Waals surface area contributed by atoms with Gasteiger partial charge >= 0.3 is 0 Å². The summed E-state index contributed by atoms with van der Waals surface area (Å²) in [4.78, 5) is 1.29. The second-order valence-corrected chi connectivity index (χ2v) is 3.88. The van der Waals surface area contributed by atoms with Gasteiger partial charge < -0.3 is 15.9 Å². The number of benzene rings is 2. The molecule has 0 radical (unpaired) electrons. The van der Waals surface area contributed by atoms with Crippen LogP contribution in [0, 0.1) is 0 Å². The zero-order valence-electron chi connectivity index (χ0n) is 9.28. The lowest BCUT2D eigenvalue weighted by molar-refractivity contribution is 0.470. The van der Waals surface area contributed by atoms with E-state index >= 15 is 0 Å². The molecule has 90 valence electrons. The summed E-state index contributed by atoms with van der Waals surface area (Å²) in [5.41, 5.74) is 7.43. The summed E-state index contributed by atoms with van der Waals surface area (Å²) in [5.74, 6) is 0.0494. The lowest BCUT2D eigenvalue weighted by atomic mass is 10.2. The molecule has 1 heterocycles. The van der Waals surface area contributed by atoms with Gasteiger partial charge in [0.2, 0.25) is 0 Å². The van der Waals surface area contributed by atoms with Gasteiger partial charge in [-0.05, 0) is 24.3 Å². The SMILES string of the molecule is Nc1cccc(-n2nc3ccc(O)cc3n2)c1O. The minimum Gasteiger partial charge on any atom is -0.508 e. The largest absolute Gasteiger partial charge is 0.508 e. The molecular formula is C12H10N4O2. The molecule has 0 amide bonds. The molecular weight excluding hydrogens is 232 g/mol. The number of para-hydroxylation sites is 1. The topological polar surface area (TPSA) is 97.2 Å². The maximum absolute atomic E-state index is 9.86. The standard InChI is InChI=1S/C12H10N4O2/c13-8-2-1-3-11(12(8)18)16-14-9-5-4-7(17)6-10(9)15-16/h1-6,17-18H,13H2. The van der Waals surface area contributed by atoms with E-state index in [4.69, 9.17) is 5.73 Å². The molecule has 6 nitrogen and oxygen atoms in total. The average molecular weight is 242 g/mol.